The summed E-state index contributed by atoms with van der Waals surface area (Å²) in [7, 11) is 1.64. The van der Waals surface area contributed by atoms with Crippen LogP contribution in [0.15, 0.2) is 30.3 Å². The van der Waals surface area contributed by atoms with Gasteiger partial charge in [0.25, 0.3) is 5.91 Å². The molecule has 160 valence electrons. The van der Waals surface area contributed by atoms with Crippen LogP contribution >= 0.6 is 0 Å². The molecule has 7 nitrogen and oxygen atoms in total. The Morgan fingerprint density at radius 1 is 1.28 bits per heavy atom. The normalized spacial score (nSPS) is 22.7. The molecule has 0 unspecified atom stereocenters. The van der Waals surface area contributed by atoms with Gasteiger partial charge in [-0.15, -0.1) is 0 Å². The summed E-state index contributed by atoms with van der Waals surface area (Å²) in [4.78, 5) is 31.7. The zero-order chi connectivity index (χ0) is 20.6. The smallest absolute Gasteiger partial charge is 0.269 e. The molecule has 2 aliphatic rings. The highest BCUT2D eigenvalue weighted by Gasteiger charge is 2.35. The molecule has 0 aromatic heterocycles. The molecule has 3 rings (SSSR count). The van der Waals surface area contributed by atoms with E-state index in [1.165, 1.54) is 5.06 Å². The van der Waals surface area contributed by atoms with Crippen LogP contribution in [0.25, 0.3) is 0 Å². The lowest BCUT2D eigenvalue weighted by Crippen LogP contribution is -2.54. The van der Waals surface area contributed by atoms with Gasteiger partial charge in [0, 0.05) is 26.1 Å². The summed E-state index contributed by atoms with van der Waals surface area (Å²) in [6, 6.07) is 9.23. The summed E-state index contributed by atoms with van der Waals surface area (Å²) in [5, 5.41) is 7.80. The predicted octanol–water partition coefficient (Wildman–Crippen LogP) is 1.67. The number of amides is 2. The van der Waals surface area contributed by atoms with Crippen LogP contribution < -0.4 is 10.6 Å². The molecule has 4 atom stereocenters. The maximum absolute atomic E-state index is 13.1. The van der Waals surface area contributed by atoms with E-state index in [9.17, 15) is 9.59 Å². The number of nitrogens with zero attached hydrogens (tertiary/aromatic N) is 1. The van der Waals surface area contributed by atoms with Gasteiger partial charge in [0.05, 0.1) is 18.6 Å². The topological polar surface area (TPSA) is 79.9 Å². The molecule has 1 aromatic rings. The van der Waals surface area contributed by atoms with E-state index in [1.807, 2.05) is 37.3 Å². The Bertz CT molecular complexity index is 657. The molecule has 2 heterocycles. The number of hydrogen-bond acceptors (Lipinski definition) is 5. The van der Waals surface area contributed by atoms with Gasteiger partial charge in [0.2, 0.25) is 5.91 Å². The molecule has 0 spiro atoms. The second-order valence-electron chi connectivity index (χ2n) is 7.92. The number of ether oxygens (including phenoxy) is 1. The van der Waals surface area contributed by atoms with Gasteiger partial charge >= 0.3 is 0 Å². The van der Waals surface area contributed by atoms with Crippen LogP contribution in [0.4, 0.5) is 0 Å². The maximum atomic E-state index is 13.1. The highest BCUT2D eigenvalue weighted by atomic mass is 16.7. The number of nitrogens with one attached hydrogen (secondary N) is 2. The molecule has 0 aliphatic carbocycles. The van der Waals surface area contributed by atoms with Crippen molar-refractivity contribution < 1.29 is 19.2 Å². The first-order chi connectivity index (χ1) is 14.1. The van der Waals surface area contributed by atoms with Crippen molar-refractivity contribution in [3.63, 3.8) is 0 Å². The van der Waals surface area contributed by atoms with Crippen molar-refractivity contribution in [3.8, 4) is 0 Å². The number of carbonyl (C=O) groups excluding carboxylic acids is 2. The van der Waals surface area contributed by atoms with Gasteiger partial charge in [-0.3, -0.25) is 14.4 Å². The molecule has 1 aromatic carbocycles. The Kier molecular flexibility index (Phi) is 8.03. The third kappa shape index (κ3) is 5.78. The average molecular weight is 404 g/mol. The lowest BCUT2D eigenvalue weighted by Gasteiger charge is -2.32. The first kappa shape index (κ1) is 21.7. The highest BCUT2D eigenvalue weighted by molar-refractivity contribution is 5.88. The number of carbonyl (C=O) groups is 2. The lowest BCUT2D eigenvalue weighted by atomic mass is 9.94. The monoisotopic (exact) mass is 403 g/mol. The van der Waals surface area contributed by atoms with Crippen molar-refractivity contribution in [2.75, 3.05) is 26.8 Å². The van der Waals surface area contributed by atoms with Crippen LogP contribution in [-0.4, -0.2) is 61.9 Å². The van der Waals surface area contributed by atoms with E-state index >= 15 is 0 Å². The Labute approximate surface area is 173 Å². The Morgan fingerprint density at radius 3 is 2.69 bits per heavy atom. The zero-order valence-electron chi connectivity index (χ0n) is 17.4. The fourth-order valence-corrected chi connectivity index (χ4v) is 4.16. The molecule has 2 aliphatic heterocycles. The Hall–Kier alpha value is -1.96. The van der Waals surface area contributed by atoms with Crippen molar-refractivity contribution in [2.45, 2.75) is 57.2 Å². The van der Waals surface area contributed by atoms with E-state index < -0.39 is 6.04 Å². The Morgan fingerprint density at radius 2 is 2.07 bits per heavy atom. The van der Waals surface area contributed by atoms with Crippen LogP contribution in [-0.2, 0) is 25.6 Å². The molecule has 7 heteroatoms. The van der Waals surface area contributed by atoms with Crippen molar-refractivity contribution in [1.29, 1.82) is 0 Å². The van der Waals surface area contributed by atoms with Gasteiger partial charge in [-0.2, -0.15) is 0 Å². The fourth-order valence-electron chi connectivity index (χ4n) is 4.16. The minimum absolute atomic E-state index is 0.162. The number of hydrogen-bond donors (Lipinski definition) is 2. The number of hydroxylamine groups is 2. The van der Waals surface area contributed by atoms with E-state index in [0.29, 0.717) is 19.6 Å². The molecule has 2 fully saturated rings. The summed E-state index contributed by atoms with van der Waals surface area (Å²) in [6.45, 7) is 3.90. The number of benzene rings is 1. The molecule has 0 radical (unpaired) electrons. The molecular weight excluding hydrogens is 370 g/mol. The summed E-state index contributed by atoms with van der Waals surface area (Å²) >= 11 is 0. The second-order valence-corrected chi connectivity index (χ2v) is 7.92. The standard InChI is InChI=1S/C22H33N3O4/c1-16(20(28-2)18-11-8-12-23-18)21(26)24-19(15-17-9-4-3-5-10-17)22(27)25-13-6-7-14-29-25/h3-5,9-10,16,18-20,23H,6-8,11-15H2,1-2H3,(H,24,26)/t16-,18+,19+,20-/m1/s1. The summed E-state index contributed by atoms with van der Waals surface area (Å²) in [5.41, 5.74) is 0.997. The summed E-state index contributed by atoms with van der Waals surface area (Å²) in [6.07, 6.45) is 4.13. The molecule has 29 heavy (non-hydrogen) atoms. The van der Waals surface area contributed by atoms with Crippen molar-refractivity contribution >= 4 is 11.8 Å². The largest absolute Gasteiger partial charge is 0.379 e. The molecule has 0 saturated carbocycles. The third-order valence-corrected chi connectivity index (χ3v) is 5.82. The molecule has 2 amide bonds. The number of methoxy groups -OCH3 is 1. The van der Waals surface area contributed by atoms with Gasteiger partial charge in [-0.25, -0.2) is 5.06 Å². The Balaban J connectivity index is 1.70. The maximum Gasteiger partial charge on any atom is 0.269 e. The van der Waals surface area contributed by atoms with Crippen LogP contribution in [0.5, 0.6) is 0 Å². The minimum Gasteiger partial charge on any atom is -0.379 e. The van der Waals surface area contributed by atoms with Crippen LogP contribution in [0.1, 0.15) is 38.2 Å². The van der Waals surface area contributed by atoms with Crippen LogP contribution in [0, 0.1) is 5.92 Å². The summed E-state index contributed by atoms with van der Waals surface area (Å²) < 4.78 is 5.65. The second kappa shape index (κ2) is 10.7. The lowest BCUT2D eigenvalue weighted by molar-refractivity contribution is -0.199. The van der Waals surface area contributed by atoms with Gasteiger partial charge in [0.15, 0.2) is 0 Å². The van der Waals surface area contributed by atoms with Gasteiger partial charge in [0.1, 0.15) is 6.04 Å². The SMILES string of the molecule is CO[C@@H]([C@@H]1CCCN1)[C@@H](C)C(=O)N[C@@H](Cc1ccccc1)C(=O)N1CCCCO1. The minimum atomic E-state index is -0.667. The van der Waals surface area contributed by atoms with Crippen LogP contribution in [0.3, 0.4) is 0 Å². The fraction of sp³-hybridized carbons (Fsp3) is 0.636. The van der Waals surface area contributed by atoms with Gasteiger partial charge in [-0.05, 0) is 37.8 Å². The highest BCUT2D eigenvalue weighted by Crippen LogP contribution is 2.20. The van der Waals surface area contributed by atoms with Crippen LogP contribution in [0.2, 0.25) is 0 Å². The van der Waals surface area contributed by atoms with E-state index in [2.05, 4.69) is 10.6 Å². The van der Waals surface area contributed by atoms with Crippen molar-refractivity contribution in [3.05, 3.63) is 35.9 Å². The number of rotatable bonds is 8. The van der Waals surface area contributed by atoms with E-state index in [-0.39, 0.29) is 29.9 Å². The van der Waals surface area contributed by atoms with Gasteiger partial charge < -0.3 is 15.4 Å². The molecule has 2 saturated heterocycles. The third-order valence-electron chi connectivity index (χ3n) is 5.82. The van der Waals surface area contributed by atoms with Gasteiger partial charge in [-0.1, -0.05) is 37.3 Å². The van der Waals surface area contributed by atoms with Crippen molar-refractivity contribution in [1.82, 2.24) is 15.7 Å². The van der Waals surface area contributed by atoms with E-state index in [0.717, 1.165) is 37.8 Å². The van der Waals surface area contributed by atoms with E-state index in [1.54, 1.807) is 7.11 Å². The summed E-state index contributed by atoms with van der Waals surface area (Å²) in [5.74, 6) is -0.733. The van der Waals surface area contributed by atoms with E-state index in [4.69, 9.17) is 9.57 Å². The van der Waals surface area contributed by atoms with Crippen molar-refractivity contribution in [2.24, 2.45) is 5.92 Å². The molecular formula is C22H33N3O4. The zero-order valence-corrected chi connectivity index (χ0v) is 17.4. The quantitative estimate of drug-likeness (QED) is 0.690. The first-order valence-electron chi connectivity index (χ1n) is 10.6. The molecule has 2 N–H and O–H groups in total. The first-order valence-corrected chi connectivity index (χ1v) is 10.6. The molecule has 0 bridgehead atoms. The average Bonchev–Trinajstić information content (AvgIpc) is 3.29. The predicted molar refractivity (Wildman–Crippen MR) is 110 cm³/mol.